The van der Waals surface area contributed by atoms with Crippen LogP contribution >= 0.6 is 0 Å². The molecule has 4 aliphatic rings. The summed E-state index contributed by atoms with van der Waals surface area (Å²) in [5, 5.41) is 7.27. The van der Waals surface area contributed by atoms with Gasteiger partial charge in [0.1, 0.15) is 5.84 Å². The van der Waals surface area contributed by atoms with Crippen LogP contribution in [-0.2, 0) is 5.41 Å². The Hall–Kier alpha value is -6.00. The van der Waals surface area contributed by atoms with Crippen LogP contribution in [0.25, 0.3) is 22.3 Å². The van der Waals surface area contributed by atoms with Crippen molar-refractivity contribution in [3.8, 4) is 22.3 Å². The molecule has 0 amide bonds. The SMILES string of the molecule is C1=CNC(c2ccc(C3NC(c4cccc5c4-c4ccccc4C54c5ccccc5-c5ccccc54)=Nc4ccccc43)cn2)C=C1. The number of para-hydroxylation sites is 1. The van der Waals surface area contributed by atoms with E-state index in [1.165, 1.54) is 44.5 Å². The predicted molar refractivity (Wildman–Crippen MR) is 189 cm³/mol. The first kappa shape index (κ1) is 26.2. The number of hydrogen-bond acceptors (Lipinski definition) is 4. The van der Waals surface area contributed by atoms with Crippen molar-refractivity contribution in [2.75, 3.05) is 0 Å². The van der Waals surface area contributed by atoms with Gasteiger partial charge in [0.15, 0.2) is 0 Å². The Morgan fingerprint density at radius 2 is 1.23 bits per heavy atom. The fraction of sp³-hybridized carbons (Fsp3) is 0.0698. The summed E-state index contributed by atoms with van der Waals surface area (Å²) in [4.78, 5) is 10.2. The van der Waals surface area contributed by atoms with E-state index in [0.717, 1.165) is 33.9 Å². The molecule has 6 aromatic rings. The van der Waals surface area contributed by atoms with Gasteiger partial charge in [0.05, 0.1) is 28.9 Å². The molecule has 4 nitrogen and oxygen atoms in total. The minimum absolute atomic E-state index is 0.0721. The van der Waals surface area contributed by atoms with Gasteiger partial charge in [-0.15, -0.1) is 0 Å². The summed E-state index contributed by atoms with van der Waals surface area (Å²) in [5.74, 6) is 0.878. The van der Waals surface area contributed by atoms with E-state index in [0.29, 0.717) is 0 Å². The van der Waals surface area contributed by atoms with Crippen LogP contribution in [0.3, 0.4) is 0 Å². The fourth-order valence-corrected chi connectivity index (χ4v) is 8.34. The first-order valence-electron chi connectivity index (χ1n) is 16.2. The van der Waals surface area contributed by atoms with Crippen molar-refractivity contribution >= 4 is 11.5 Å². The quantitative estimate of drug-likeness (QED) is 0.212. The molecule has 2 aliphatic carbocycles. The van der Waals surface area contributed by atoms with Crippen LogP contribution in [0.5, 0.6) is 0 Å². The Kier molecular flexibility index (Phi) is 5.58. The Bertz CT molecular complexity index is 2280. The predicted octanol–water partition coefficient (Wildman–Crippen LogP) is 8.91. The number of nitrogens with zero attached hydrogens (tertiary/aromatic N) is 2. The molecule has 3 heterocycles. The number of dihydropyridines is 1. The first-order chi connectivity index (χ1) is 23.3. The van der Waals surface area contributed by atoms with Crippen LogP contribution in [0.2, 0.25) is 0 Å². The Labute approximate surface area is 273 Å². The minimum Gasteiger partial charge on any atom is -0.379 e. The average Bonchev–Trinajstić information content (AvgIpc) is 3.62. The molecule has 0 saturated carbocycles. The topological polar surface area (TPSA) is 49.3 Å². The molecule has 47 heavy (non-hydrogen) atoms. The molecule has 2 aliphatic heterocycles. The van der Waals surface area contributed by atoms with Crippen LogP contribution < -0.4 is 10.6 Å². The molecular formula is C43H30N4. The molecule has 2 N–H and O–H groups in total. The summed E-state index contributed by atoms with van der Waals surface area (Å²) >= 11 is 0. The zero-order valence-corrected chi connectivity index (χ0v) is 25.6. The van der Waals surface area contributed by atoms with Gasteiger partial charge in [0, 0.05) is 17.3 Å². The average molecular weight is 603 g/mol. The van der Waals surface area contributed by atoms with Gasteiger partial charge in [-0.25, -0.2) is 4.99 Å². The second-order valence-corrected chi connectivity index (χ2v) is 12.6. The number of rotatable bonds is 3. The third-order valence-electron chi connectivity index (χ3n) is 10.3. The van der Waals surface area contributed by atoms with Gasteiger partial charge in [0.2, 0.25) is 0 Å². The summed E-state index contributed by atoms with van der Waals surface area (Å²) in [6, 6.07) is 46.4. The van der Waals surface area contributed by atoms with Crippen molar-refractivity contribution in [2.45, 2.75) is 17.5 Å². The normalized spacial score (nSPS) is 18.7. The van der Waals surface area contributed by atoms with Crippen LogP contribution in [0.15, 0.2) is 163 Å². The Morgan fingerprint density at radius 1 is 0.574 bits per heavy atom. The minimum atomic E-state index is -0.391. The zero-order chi connectivity index (χ0) is 31.0. The number of hydrogen-bond donors (Lipinski definition) is 2. The molecule has 10 rings (SSSR count). The fourth-order valence-electron chi connectivity index (χ4n) is 8.34. The number of pyridine rings is 1. The second-order valence-electron chi connectivity index (χ2n) is 12.6. The highest BCUT2D eigenvalue weighted by molar-refractivity contribution is 6.10. The van der Waals surface area contributed by atoms with Gasteiger partial charge in [-0.1, -0.05) is 127 Å². The zero-order valence-electron chi connectivity index (χ0n) is 25.6. The number of aliphatic imine (C=N–C) groups is 1. The molecule has 2 atom stereocenters. The molecule has 2 unspecified atom stereocenters. The second kappa shape index (κ2) is 10.0. The monoisotopic (exact) mass is 602 g/mol. The van der Waals surface area contributed by atoms with Gasteiger partial charge < -0.3 is 10.6 Å². The summed E-state index contributed by atoms with van der Waals surface area (Å²) in [5.41, 5.74) is 15.4. The van der Waals surface area contributed by atoms with Crippen LogP contribution in [0.4, 0.5) is 5.69 Å². The van der Waals surface area contributed by atoms with Crippen molar-refractivity contribution in [1.29, 1.82) is 0 Å². The molecule has 0 radical (unpaired) electrons. The van der Waals surface area contributed by atoms with E-state index in [1.54, 1.807) is 0 Å². The molecular weight excluding hydrogens is 573 g/mol. The maximum atomic E-state index is 5.29. The standard InChI is InChI=1S/C43H30N4/c1-5-17-33-28(12-1)29-13-2-6-18-34(29)43(33)35-19-7-3-14-30(35)40-32(16-11-20-36(40)43)42-46-37-21-8-4-15-31(37)41(47-42)27-23-24-39(45-26-27)38-22-9-10-25-44-38/h1-26,38,41,44H,(H,46,47). The summed E-state index contributed by atoms with van der Waals surface area (Å²) in [6.45, 7) is 0. The third kappa shape index (κ3) is 3.64. The lowest BCUT2D eigenvalue weighted by molar-refractivity contribution is 0.708. The van der Waals surface area contributed by atoms with E-state index < -0.39 is 5.41 Å². The van der Waals surface area contributed by atoms with Gasteiger partial charge in [0.25, 0.3) is 0 Å². The maximum Gasteiger partial charge on any atom is 0.135 e. The van der Waals surface area contributed by atoms with Crippen molar-refractivity contribution in [3.63, 3.8) is 0 Å². The molecule has 0 fully saturated rings. The van der Waals surface area contributed by atoms with Crippen molar-refractivity contribution in [3.05, 3.63) is 203 Å². The van der Waals surface area contributed by atoms with E-state index in [9.17, 15) is 0 Å². The van der Waals surface area contributed by atoms with Gasteiger partial charge in [-0.2, -0.15) is 0 Å². The smallest absolute Gasteiger partial charge is 0.135 e. The molecule has 0 saturated heterocycles. The highest BCUT2D eigenvalue weighted by atomic mass is 15.1. The summed E-state index contributed by atoms with van der Waals surface area (Å²) in [7, 11) is 0. The molecule has 4 heteroatoms. The number of benzene rings is 5. The highest BCUT2D eigenvalue weighted by Crippen LogP contribution is 2.63. The number of amidine groups is 1. The third-order valence-corrected chi connectivity index (χ3v) is 10.3. The van der Waals surface area contributed by atoms with Crippen molar-refractivity contribution in [1.82, 2.24) is 15.6 Å². The number of aromatic nitrogens is 1. The lowest BCUT2D eigenvalue weighted by Crippen LogP contribution is -2.33. The van der Waals surface area contributed by atoms with Gasteiger partial charge in [-0.3, -0.25) is 4.98 Å². The Balaban J connectivity index is 1.15. The molecule has 0 bridgehead atoms. The molecule has 222 valence electrons. The van der Waals surface area contributed by atoms with E-state index in [-0.39, 0.29) is 12.1 Å². The lowest BCUT2D eigenvalue weighted by atomic mass is 9.70. The van der Waals surface area contributed by atoms with E-state index in [2.05, 4.69) is 150 Å². The summed E-state index contributed by atoms with van der Waals surface area (Å²) < 4.78 is 0. The number of nitrogens with one attached hydrogen (secondary N) is 2. The summed E-state index contributed by atoms with van der Waals surface area (Å²) in [6.07, 6.45) is 10.2. The molecule has 1 aromatic heterocycles. The van der Waals surface area contributed by atoms with Crippen LogP contribution in [0, 0.1) is 0 Å². The van der Waals surface area contributed by atoms with Crippen molar-refractivity contribution in [2.24, 2.45) is 4.99 Å². The Morgan fingerprint density at radius 3 is 1.96 bits per heavy atom. The van der Waals surface area contributed by atoms with Crippen LogP contribution in [-0.4, -0.2) is 10.8 Å². The van der Waals surface area contributed by atoms with Gasteiger partial charge in [-0.05, 0) is 74.5 Å². The van der Waals surface area contributed by atoms with E-state index >= 15 is 0 Å². The van der Waals surface area contributed by atoms with Crippen LogP contribution in [0.1, 0.15) is 56.7 Å². The van der Waals surface area contributed by atoms with E-state index in [4.69, 9.17) is 9.98 Å². The molecule has 1 spiro atoms. The number of fused-ring (bicyclic) bond motifs is 11. The lowest BCUT2D eigenvalue weighted by Gasteiger charge is -2.31. The van der Waals surface area contributed by atoms with E-state index in [1.807, 2.05) is 18.5 Å². The van der Waals surface area contributed by atoms with Crippen molar-refractivity contribution < 1.29 is 0 Å². The van der Waals surface area contributed by atoms with Gasteiger partial charge >= 0.3 is 0 Å². The maximum absolute atomic E-state index is 5.29. The highest BCUT2D eigenvalue weighted by Gasteiger charge is 2.52. The molecule has 5 aromatic carbocycles. The number of allylic oxidation sites excluding steroid dienone is 2. The largest absolute Gasteiger partial charge is 0.379 e. The first-order valence-corrected chi connectivity index (χ1v) is 16.2.